The zero-order valence-corrected chi connectivity index (χ0v) is 11.3. The van der Waals surface area contributed by atoms with Gasteiger partial charge in [0.2, 0.25) is 0 Å². The summed E-state index contributed by atoms with van der Waals surface area (Å²) in [5.74, 6) is 1.55. The Morgan fingerprint density at radius 2 is 2.06 bits per heavy atom. The van der Waals surface area contributed by atoms with Gasteiger partial charge in [-0.15, -0.1) is 0 Å². The fourth-order valence-corrected chi connectivity index (χ4v) is 2.65. The Hall–Kier alpha value is -0.830. The SMILES string of the molecule is CC(C)CN(c1cncc(Cl)n1)C1CCCC1. The normalized spacial score (nSPS) is 16.7. The van der Waals surface area contributed by atoms with Gasteiger partial charge in [-0.25, -0.2) is 4.98 Å². The molecule has 17 heavy (non-hydrogen) atoms. The van der Waals surface area contributed by atoms with Crippen LogP contribution in [0.5, 0.6) is 0 Å². The maximum Gasteiger partial charge on any atom is 0.149 e. The summed E-state index contributed by atoms with van der Waals surface area (Å²) in [6.07, 6.45) is 8.60. The van der Waals surface area contributed by atoms with E-state index in [9.17, 15) is 0 Å². The topological polar surface area (TPSA) is 29.0 Å². The maximum atomic E-state index is 5.93. The zero-order chi connectivity index (χ0) is 12.3. The van der Waals surface area contributed by atoms with Gasteiger partial charge >= 0.3 is 0 Å². The Labute approximate surface area is 108 Å². The van der Waals surface area contributed by atoms with Crippen LogP contribution in [0.1, 0.15) is 39.5 Å². The van der Waals surface area contributed by atoms with Gasteiger partial charge in [0.1, 0.15) is 11.0 Å². The first kappa shape index (κ1) is 12.6. The predicted molar refractivity (Wildman–Crippen MR) is 71.5 cm³/mol. The first-order valence-corrected chi connectivity index (χ1v) is 6.79. The lowest BCUT2D eigenvalue weighted by atomic mass is 10.1. The molecule has 1 heterocycles. The molecule has 1 aliphatic rings. The van der Waals surface area contributed by atoms with Crippen molar-refractivity contribution in [2.45, 2.75) is 45.6 Å². The summed E-state index contributed by atoms with van der Waals surface area (Å²) in [6, 6.07) is 0.616. The first-order chi connectivity index (χ1) is 8.16. The molecule has 1 aliphatic carbocycles. The van der Waals surface area contributed by atoms with Gasteiger partial charge in [0.15, 0.2) is 0 Å². The second-order valence-corrected chi connectivity index (χ2v) is 5.57. The van der Waals surface area contributed by atoms with Gasteiger partial charge in [-0.3, -0.25) is 4.98 Å². The van der Waals surface area contributed by atoms with Gasteiger partial charge < -0.3 is 4.90 Å². The quantitative estimate of drug-likeness (QED) is 0.822. The van der Waals surface area contributed by atoms with Gasteiger partial charge in [0.05, 0.1) is 12.4 Å². The maximum absolute atomic E-state index is 5.93. The van der Waals surface area contributed by atoms with Crippen LogP contribution in [-0.2, 0) is 0 Å². The lowest BCUT2D eigenvalue weighted by Gasteiger charge is -2.31. The Kier molecular flexibility index (Phi) is 4.21. The van der Waals surface area contributed by atoms with Crippen LogP contribution in [0.3, 0.4) is 0 Å². The molecule has 0 amide bonds. The van der Waals surface area contributed by atoms with Gasteiger partial charge in [0, 0.05) is 12.6 Å². The summed E-state index contributed by atoms with van der Waals surface area (Å²) < 4.78 is 0. The molecule has 0 aliphatic heterocycles. The van der Waals surface area contributed by atoms with Crippen LogP contribution in [0, 0.1) is 5.92 Å². The van der Waals surface area contributed by atoms with Crippen LogP contribution in [-0.4, -0.2) is 22.6 Å². The summed E-state index contributed by atoms with van der Waals surface area (Å²) in [5, 5.41) is 0.481. The summed E-state index contributed by atoms with van der Waals surface area (Å²) in [5.41, 5.74) is 0. The van der Waals surface area contributed by atoms with Crippen molar-refractivity contribution in [1.82, 2.24) is 9.97 Å². The number of hydrogen-bond donors (Lipinski definition) is 0. The molecule has 0 spiro atoms. The third-order valence-corrected chi connectivity index (χ3v) is 3.40. The summed E-state index contributed by atoms with van der Waals surface area (Å²) in [6.45, 7) is 5.50. The molecule has 3 nitrogen and oxygen atoms in total. The highest BCUT2D eigenvalue weighted by Gasteiger charge is 2.24. The van der Waals surface area contributed by atoms with Crippen molar-refractivity contribution in [2.75, 3.05) is 11.4 Å². The largest absolute Gasteiger partial charge is 0.352 e. The van der Waals surface area contributed by atoms with E-state index in [4.69, 9.17) is 11.6 Å². The number of aromatic nitrogens is 2. The van der Waals surface area contributed by atoms with E-state index < -0.39 is 0 Å². The molecule has 0 N–H and O–H groups in total. The van der Waals surface area contributed by atoms with Crippen LogP contribution < -0.4 is 4.90 Å². The monoisotopic (exact) mass is 253 g/mol. The second-order valence-electron chi connectivity index (χ2n) is 5.18. The Balaban J connectivity index is 2.19. The fraction of sp³-hybridized carbons (Fsp3) is 0.692. The number of anilines is 1. The minimum Gasteiger partial charge on any atom is -0.352 e. The van der Waals surface area contributed by atoms with E-state index in [1.54, 1.807) is 6.20 Å². The Morgan fingerprint density at radius 3 is 2.65 bits per heavy atom. The summed E-state index contributed by atoms with van der Waals surface area (Å²) in [7, 11) is 0. The molecule has 2 rings (SSSR count). The molecule has 1 saturated carbocycles. The molecule has 1 aromatic heterocycles. The first-order valence-electron chi connectivity index (χ1n) is 6.41. The minimum absolute atomic E-state index is 0.481. The van der Waals surface area contributed by atoms with Crippen molar-refractivity contribution in [3.05, 3.63) is 17.5 Å². The number of halogens is 1. The highest BCUT2D eigenvalue weighted by molar-refractivity contribution is 6.29. The van der Waals surface area contributed by atoms with Gasteiger partial charge in [-0.1, -0.05) is 38.3 Å². The van der Waals surface area contributed by atoms with Crippen molar-refractivity contribution < 1.29 is 0 Å². The Bertz CT molecular complexity index is 361. The third kappa shape index (κ3) is 3.32. The summed E-state index contributed by atoms with van der Waals surface area (Å²) in [4.78, 5) is 10.9. The average molecular weight is 254 g/mol. The van der Waals surface area contributed by atoms with Crippen molar-refractivity contribution >= 4 is 17.4 Å². The number of hydrogen-bond acceptors (Lipinski definition) is 3. The molecule has 1 fully saturated rings. The molecule has 0 radical (unpaired) electrons. The smallest absolute Gasteiger partial charge is 0.149 e. The molecule has 0 bridgehead atoms. The van der Waals surface area contributed by atoms with E-state index in [2.05, 4.69) is 28.7 Å². The highest BCUT2D eigenvalue weighted by Crippen LogP contribution is 2.28. The van der Waals surface area contributed by atoms with Crippen LogP contribution >= 0.6 is 11.6 Å². The molecule has 4 heteroatoms. The fourth-order valence-electron chi connectivity index (χ4n) is 2.51. The van der Waals surface area contributed by atoms with E-state index in [0.29, 0.717) is 17.1 Å². The molecule has 0 saturated heterocycles. The average Bonchev–Trinajstić information content (AvgIpc) is 2.79. The lowest BCUT2D eigenvalue weighted by Crippen LogP contribution is -2.37. The molecule has 0 unspecified atom stereocenters. The van der Waals surface area contributed by atoms with E-state index in [1.807, 2.05) is 6.20 Å². The molecule has 0 atom stereocenters. The van der Waals surface area contributed by atoms with Crippen molar-refractivity contribution in [3.63, 3.8) is 0 Å². The van der Waals surface area contributed by atoms with Crippen molar-refractivity contribution in [1.29, 1.82) is 0 Å². The van der Waals surface area contributed by atoms with Crippen LogP contribution in [0.15, 0.2) is 12.4 Å². The van der Waals surface area contributed by atoms with E-state index in [1.165, 1.54) is 25.7 Å². The van der Waals surface area contributed by atoms with Crippen molar-refractivity contribution in [2.24, 2.45) is 5.92 Å². The minimum atomic E-state index is 0.481. The predicted octanol–water partition coefficient (Wildman–Crippen LogP) is 3.54. The molecular weight excluding hydrogens is 234 g/mol. The van der Waals surface area contributed by atoms with Crippen LogP contribution in [0.4, 0.5) is 5.82 Å². The molecular formula is C13H20ClN3. The van der Waals surface area contributed by atoms with Crippen LogP contribution in [0.2, 0.25) is 5.15 Å². The molecule has 0 aromatic carbocycles. The van der Waals surface area contributed by atoms with E-state index in [-0.39, 0.29) is 0 Å². The van der Waals surface area contributed by atoms with Gasteiger partial charge in [0.25, 0.3) is 0 Å². The Morgan fingerprint density at radius 1 is 1.35 bits per heavy atom. The van der Waals surface area contributed by atoms with Crippen LogP contribution in [0.25, 0.3) is 0 Å². The van der Waals surface area contributed by atoms with E-state index >= 15 is 0 Å². The van der Waals surface area contributed by atoms with Gasteiger partial charge in [-0.2, -0.15) is 0 Å². The number of nitrogens with zero attached hydrogens (tertiary/aromatic N) is 3. The van der Waals surface area contributed by atoms with Gasteiger partial charge in [-0.05, 0) is 18.8 Å². The second kappa shape index (κ2) is 5.67. The third-order valence-electron chi connectivity index (χ3n) is 3.21. The standard InChI is InChI=1S/C13H20ClN3/c1-10(2)9-17(11-5-3-4-6-11)13-8-15-7-12(14)16-13/h7-8,10-11H,3-6,9H2,1-2H3. The zero-order valence-electron chi connectivity index (χ0n) is 10.6. The number of rotatable bonds is 4. The highest BCUT2D eigenvalue weighted by atomic mass is 35.5. The van der Waals surface area contributed by atoms with E-state index in [0.717, 1.165) is 12.4 Å². The summed E-state index contributed by atoms with van der Waals surface area (Å²) >= 11 is 5.93. The molecule has 94 valence electrons. The van der Waals surface area contributed by atoms with Crippen molar-refractivity contribution in [3.8, 4) is 0 Å². The lowest BCUT2D eigenvalue weighted by molar-refractivity contribution is 0.530. The molecule has 1 aromatic rings.